The molecule has 3 aromatic rings. The summed E-state index contributed by atoms with van der Waals surface area (Å²) in [6.07, 6.45) is -17.7. The van der Waals surface area contributed by atoms with Crippen LogP contribution >= 0.6 is 0 Å². The topological polar surface area (TPSA) is 269 Å². The van der Waals surface area contributed by atoms with Crippen LogP contribution in [0.5, 0.6) is 23.0 Å². The Labute approximate surface area is 241 Å². The lowest BCUT2D eigenvalue weighted by Crippen LogP contribution is -2.65. The first-order valence-electron chi connectivity index (χ1n) is 13.0. The van der Waals surface area contributed by atoms with Crippen LogP contribution in [0.2, 0.25) is 0 Å². The Bertz CT molecular complexity index is 1490. The zero-order valence-electron chi connectivity index (χ0n) is 22.1. The minimum atomic E-state index is -1.93. The largest absolute Gasteiger partial charge is 0.508 e. The van der Waals surface area contributed by atoms with Gasteiger partial charge in [0.1, 0.15) is 70.9 Å². The first-order chi connectivity index (χ1) is 20.4. The van der Waals surface area contributed by atoms with Crippen molar-refractivity contribution >= 4 is 11.0 Å². The smallest absolute Gasteiger partial charge is 0.239 e. The molecule has 0 amide bonds. The third kappa shape index (κ3) is 5.73. The summed E-state index contributed by atoms with van der Waals surface area (Å²) in [5.41, 5.74) is -1.07. The van der Waals surface area contributed by atoms with Gasteiger partial charge in [0, 0.05) is 17.7 Å². The molecule has 0 spiro atoms. The molecule has 1 aromatic heterocycles. The van der Waals surface area contributed by atoms with Crippen LogP contribution < -0.4 is 10.2 Å². The van der Waals surface area contributed by atoms with Crippen molar-refractivity contribution in [1.29, 1.82) is 0 Å². The van der Waals surface area contributed by atoms with E-state index in [1.165, 1.54) is 24.3 Å². The normalized spacial score (nSPS) is 33.0. The third-order valence-corrected chi connectivity index (χ3v) is 7.25. The SMILES string of the molecule is O=c1c(O[C@@H]2O[C@@H](CO)[C@@H](O)[C@@H](O)[C@H]2O[C@H]2O[C@H](CO)[C@@H](O)[C@@H](O)[C@H]2O)c(-c2ccc(O)cc2)oc2cc(O)cc(O)c12. The lowest BCUT2D eigenvalue weighted by Gasteiger charge is -2.45. The second kappa shape index (κ2) is 12.2. The van der Waals surface area contributed by atoms with Crippen molar-refractivity contribution in [3.63, 3.8) is 0 Å². The summed E-state index contributed by atoms with van der Waals surface area (Å²) in [4.78, 5) is 13.7. The van der Waals surface area contributed by atoms with Gasteiger partial charge in [-0.05, 0) is 24.3 Å². The summed E-state index contributed by atoms with van der Waals surface area (Å²) in [5, 5.41) is 101. The molecule has 2 aromatic carbocycles. The molecule has 16 heteroatoms. The van der Waals surface area contributed by atoms with Crippen molar-refractivity contribution in [2.45, 2.75) is 61.4 Å². The lowest BCUT2D eigenvalue weighted by atomic mass is 9.97. The zero-order chi connectivity index (χ0) is 31.2. The van der Waals surface area contributed by atoms with Gasteiger partial charge in [-0.15, -0.1) is 0 Å². The number of rotatable bonds is 7. The van der Waals surface area contributed by atoms with Gasteiger partial charge in [0.25, 0.3) is 0 Å². The Morgan fingerprint density at radius 1 is 0.721 bits per heavy atom. The van der Waals surface area contributed by atoms with Gasteiger partial charge in [0.15, 0.2) is 18.2 Å². The first-order valence-corrected chi connectivity index (χ1v) is 13.0. The van der Waals surface area contributed by atoms with Crippen LogP contribution in [0.1, 0.15) is 0 Å². The van der Waals surface area contributed by atoms with Crippen molar-refractivity contribution in [2.24, 2.45) is 0 Å². The van der Waals surface area contributed by atoms with E-state index in [9.17, 15) is 55.9 Å². The molecule has 10 N–H and O–H groups in total. The second-order valence-electron chi connectivity index (χ2n) is 10.1. The van der Waals surface area contributed by atoms with E-state index in [1.807, 2.05) is 0 Å². The minimum Gasteiger partial charge on any atom is -0.508 e. The van der Waals surface area contributed by atoms with Crippen molar-refractivity contribution in [2.75, 3.05) is 13.2 Å². The van der Waals surface area contributed by atoms with Gasteiger partial charge in [-0.3, -0.25) is 4.79 Å². The maximum absolute atomic E-state index is 13.7. The van der Waals surface area contributed by atoms with E-state index in [0.29, 0.717) is 0 Å². The van der Waals surface area contributed by atoms with E-state index in [0.717, 1.165) is 12.1 Å². The fourth-order valence-corrected chi connectivity index (χ4v) is 4.92. The highest BCUT2D eigenvalue weighted by molar-refractivity contribution is 5.88. The molecule has 0 bridgehead atoms. The Morgan fingerprint density at radius 3 is 1.95 bits per heavy atom. The van der Waals surface area contributed by atoms with Crippen LogP contribution in [-0.2, 0) is 14.2 Å². The molecular weight excluding hydrogens is 580 g/mol. The monoisotopic (exact) mass is 610 g/mol. The highest BCUT2D eigenvalue weighted by atomic mass is 16.8. The molecule has 2 fully saturated rings. The van der Waals surface area contributed by atoms with Gasteiger partial charge in [0.05, 0.1) is 13.2 Å². The van der Waals surface area contributed by atoms with Gasteiger partial charge < -0.3 is 74.4 Å². The Kier molecular flexibility index (Phi) is 8.77. The van der Waals surface area contributed by atoms with E-state index >= 15 is 0 Å². The van der Waals surface area contributed by atoms with Crippen molar-refractivity contribution < 1.29 is 74.4 Å². The number of fused-ring (bicyclic) bond motifs is 1. The number of ether oxygens (including phenoxy) is 4. The molecule has 3 heterocycles. The molecule has 5 rings (SSSR count). The summed E-state index contributed by atoms with van der Waals surface area (Å²) >= 11 is 0. The number of phenols is 3. The summed E-state index contributed by atoms with van der Waals surface area (Å²) < 4.78 is 28.3. The maximum atomic E-state index is 13.7. The molecule has 234 valence electrons. The highest BCUT2D eigenvalue weighted by Crippen LogP contribution is 2.38. The number of benzene rings is 2. The number of aliphatic hydroxyl groups is 7. The highest BCUT2D eigenvalue weighted by Gasteiger charge is 2.51. The fraction of sp³-hybridized carbons (Fsp3) is 0.444. The molecule has 2 aliphatic rings. The quantitative estimate of drug-likeness (QED) is 0.133. The number of aliphatic hydroxyl groups excluding tert-OH is 7. The lowest BCUT2D eigenvalue weighted by molar-refractivity contribution is -0.358. The van der Waals surface area contributed by atoms with E-state index in [2.05, 4.69) is 0 Å². The van der Waals surface area contributed by atoms with E-state index in [4.69, 9.17) is 23.4 Å². The molecule has 2 saturated heterocycles. The van der Waals surface area contributed by atoms with E-state index < -0.39 is 103 Å². The zero-order valence-corrected chi connectivity index (χ0v) is 22.1. The predicted molar refractivity (Wildman–Crippen MR) is 140 cm³/mol. The van der Waals surface area contributed by atoms with Gasteiger partial charge in [-0.2, -0.15) is 0 Å². The van der Waals surface area contributed by atoms with Crippen LogP contribution in [0, 0.1) is 0 Å². The Hall–Kier alpha value is -3.55. The average Bonchev–Trinajstić information content (AvgIpc) is 2.97. The Balaban J connectivity index is 1.60. The van der Waals surface area contributed by atoms with Gasteiger partial charge in [-0.1, -0.05) is 0 Å². The number of aromatic hydroxyl groups is 3. The molecule has 10 atom stereocenters. The van der Waals surface area contributed by atoms with Crippen LogP contribution in [0.25, 0.3) is 22.3 Å². The molecule has 43 heavy (non-hydrogen) atoms. The van der Waals surface area contributed by atoms with Crippen molar-refractivity contribution in [3.8, 4) is 34.3 Å². The van der Waals surface area contributed by atoms with Crippen molar-refractivity contribution in [3.05, 3.63) is 46.6 Å². The average molecular weight is 611 g/mol. The third-order valence-electron chi connectivity index (χ3n) is 7.25. The maximum Gasteiger partial charge on any atom is 0.239 e. The van der Waals surface area contributed by atoms with Crippen LogP contribution in [0.3, 0.4) is 0 Å². The fourth-order valence-electron chi connectivity index (χ4n) is 4.92. The Morgan fingerprint density at radius 2 is 1.33 bits per heavy atom. The van der Waals surface area contributed by atoms with Gasteiger partial charge in [-0.25, -0.2) is 0 Å². The van der Waals surface area contributed by atoms with Gasteiger partial charge >= 0.3 is 0 Å². The molecule has 16 nitrogen and oxygen atoms in total. The number of phenolic OH excluding ortho intramolecular Hbond substituents is 3. The molecular formula is C27H30O16. The summed E-state index contributed by atoms with van der Waals surface area (Å²) in [7, 11) is 0. The van der Waals surface area contributed by atoms with Crippen LogP contribution in [0.15, 0.2) is 45.6 Å². The number of hydrogen-bond acceptors (Lipinski definition) is 16. The summed E-state index contributed by atoms with van der Waals surface area (Å²) in [5.74, 6) is -2.15. The predicted octanol–water partition coefficient (Wildman–Crippen LogP) is -2.42. The number of hydrogen-bond donors (Lipinski definition) is 10. The standard InChI is InChI=1S/C27H30O16/c28-7-14-17(33)20(36)22(38)26(40-14)43-25-21(37)18(34)15(8-29)41-27(25)42-24-19(35)16-12(32)5-11(31)6-13(16)39-23(24)9-1-3-10(30)4-2-9/h1-6,14-15,17-18,20-22,25-34,36-38H,7-8H2/t14-,15+,17-,18-,20-,21-,22-,25-,26-,27+/m1/s1. The van der Waals surface area contributed by atoms with Crippen LogP contribution in [0.4, 0.5) is 0 Å². The first kappa shape index (κ1) is 30.9. The summed E-state index contributed by atoms with van der Waals surface area (Å²) in [6.45, 7) is -1.63. The molecule has 0 unspecified atom stereocenters. The van der Waals surface area contributed by atoms with Gasteiger partial charge in [0.2, 0.25) is 17.5 Å². The minimum absolute atomic E-state index is 0.129. The molecule has 0 saturated carbocycles. The molecule has 2 aliphatic heterocycles. The molecule has 0 aliphatic carbocycles. The summed E-state index contributed by atoms with van der Waals surface area (Å²) in [6, 6.07) is 7.20. The second-order valence-corrected chi connectivity index (χ2v) is 10.1. The van der Waals surface area contributed by atoms with E-state index in [-0.39, 0.29) is 22.7 Å². The van der Waals surface area contributed by atoms with E-state index in [1.54, 1.807) is 0 Å². The molecule has 0 radical (unpaired) electrons. The van der Waals surface area contributed by atoms with Crippen molar-refractivity contribution in [1.82, 2.24) is 0 Å². The van der Waals surface area contributed by atoms with Crippen LogP contribution in [-0.4, -0.2) is 126 Å².